The molecule has 18 heavy (non-hydrogen) atoms. The number of thioether (sulfide) groups is 1. The molecular weight excluding hydrogens is 250 g/mol. The summed E-state index contributed by atoms with van der Waals surface area (Å²) < 4.78 is 2.08. The summed E-state index contributed by atoms with van der Waals surface area (Å²) in [7, 11) is 0. The molecule has 1 aromatic heterocycles. The van der Waals surface area contributed by atoms with E-state index >= 15 is 0 Å². The Morgan fingerprint density at radius 1 is 1.56 bits per heavy atom. The van der Waals surface area contributed by atoms with Crippen LogP contribution in [0.5, 0.6) is 0 Å². The average Bonchev–Trinajstić information content (AvgIpc) is 3.06. The standard InChI is InChI=1S/C11H19N5OS/c1-7(2)13-10(17)6-18-11-15-14-9(5-12)16(11)8-3-4-8/h7-8H,3-6,12H2,1-2H3,(H,13,17). The average molecular weight is 269 g/mol. The normalized spacial score (nSPS) is 15.1. The summed E-state index contributed by atoms with van der Waals surface area (Å²) in [5.74, 6) is 1.20. The number of rotatable bonds is 6. The predicted octanol–water partition coefficient (Wildman–Crippen LogP) is 0.688. The number of hydrogen-bond acceptors (Lipinski definition) is 5. The predicted molar refractivity (Wildman–Crippen MR) is 70.2 cm³/mol. The van der Waals surface area contributed by atoms with E-state index in [9.17, 15) is 4.79 Å². The number of carbonyl (C=O) groups is 1. The van der Waals surface area contributed by atoms with Crippen LogP contribution in [-0.4, -0.2) is 32.5 Å². The van der Waals surface area contributed by atoms with Gasteiger partial charge in [0.15, 0.2) is 5.16 Å². The van der Waals surface area contributed by atoms with Crippen LogP contribution in [-0.2, 0) is 11.3 Å². The van der Waals surface area contributed by atoms with Gasteiger partial charge in [-0.1, -0.05) is 11.8 Å². The molecule has 0 radical (unpaired) electrons. The molecule has 0 spiro atoms. The van der Waals surface area contributed by atoms with Gasteiger partial charge >= 0.3 is 0 Å². The van der Waals surface area contributed by atoms with Gasteiger partial charge < -0.3 is 15.6 Å². The molecule has 2 rings (SSSR count). The van der Waals surface area contributed by atoms with Crippen molar-refractivity contribution in [3.05, 3.63) is 5.82 Å². The van der Waals surface area contributed by atoms with Crippen LogP contribution in [0.2, 0.25) is 0 Å². The Hall–Kier alpha value is -1.08. The first-order valence-corrected chi connectivity index (χ1v) is 7.16. The summed E-state index contributed by atoms with van der Waals surface area (Å²) in [4.78, 5) is 11.6. The second-order valence-electron chi connectivity index (χ2n) is 4.71. The largest absolute Gasteiger partial charge is 0.353 e. The summed E-state index contributed by atoms with van der Waals surface area (Å²) in [6.45, 7) is 4.28. The monoisotopic (exact) mass is 269 g/mol. The van der Waals surface area contributed by atoms with E-state index < -0.39 is 0 Å². The number of nitrogens with two attached hydrogens (primary N) is 1. The Kier molecular flexibility index (Phi) is 4.23. The molecule has 0 saturated heterocycles. The highest BCUT2D eigenvalue weighted by molar-refractivity contribution is 7.99. The molecule has 0 bridgehead atoms. The van der Waals surface area contributed by atoms with Crippen LogP contribution < -0.4 is 11.1 Å². The van der Waals surface area contributed by atoms with Gasteiger partial charge in [0, 0.05) is 12.1 Å². The van der Waals surface area contributed by atoms with Crippen molar-refractivity contribution >= 4 is 17.7 Å². The smallest absolute Gasteiger partial charge is 0.230 e. The van der Waals surface area contributed by atoms with Crippen molar-refractivity contribution in [1.29, 1.82) is 0 Å². The molecule has 0 aromatic carbocycles. The first-order chi connectivity index (χ1) is 8.61. The number of carbonyl (C=O) groups excluding carboxylic acids is 1. The van der Waals surface area contributed by atoms with Crippen LogP contribution >= 0.6 is 11.8 Å². The lowest BCUT2D eigenvalue weighted by molar-refractivity contribution is -0.119. The van der Waals surface area contributed by atoms with Crippen molar-refractivity contribution in [2.24, 2.45) is 5.73 Å². The quantitative estimate of drug-likeness (QED) is 0.742. The molecule has 6 nitrogen and oxygen atoms in total. The van der Waals surface area contributed by atoms with E-state index in [4.69, 9.17) is 5.73 Å². The minimum Gasteiger partial charge on any atom is -0.353 e. The first-order valence-electron chi connectivity index (χ1n) is 6.17. The van der Waals surface area contributed by atoms with E-state index in [0.29, 0.717) is 18.3 Å². The lowest BCUT2D eigenvalue weighted by atomic mass is 10.4. The van der Waals surface area contributed by atoms with Crippen molar-refractivity contribution in [1.82, 2.24) is 20.1 Å². The third-order valence-corrected chi connectivity index (χ3v) is 3.55. The van der Waals surface area contributed by atoms with E-state index in [1.54, 1.807) is 0 Å². The van der Waals surface area contributed by atoms with Crippen LogP contribution in [0.15, 0.2) is 5.16 Å². The zero-order chi connectivity index (χ0) is 13.1. The zero-order valence-corrected chi connectivity index (χ0v) is 11.5. The summed E-state index contributed by atoms with van der Waals surface area (Å²) in [5, 5.41) is 11.8. The molecule has 1 aliphatic carbocycles. The van der Waals surface area contributed by atoms with Crippen LogP contribution in [0.3, 0.4) is 0 Å². The molecule has 100 valence electrons. The third-order valence-electron chi connectivity index (χ3n) is 2.61. The molecule has 1 saturated carbocycles. The Balaban J connectivity index is 1.97. The third kappa shape index (κ3) is 3.23. The van der Waals surface area contributed by atoms with Crippen molar-refractivity contribution in [2.75, 3.05) is 5.75 Å². The molecule has 1 fully saturated rings. The Bertz CT molecular complexity index is 427. The van der Waals surface area contributed by atoms with Crippen molar-refractivity contribution in [3.63, 3.8) is 0 Å². The SMILES string of the molecule is CC(C)NC(=O)CSc1nnc(CN)n1C1CC1. The van der Waals surface area contributed by atoms with E-state index in [1.807, 2.05) is 13.8 Å². The van der Waals surface area contributed by atoms with Crippen LogP contribution in [0.4, 0.5) is 0 Å². The van der Waals surface area contributed by atoms with Gasteiger partial charge in [0.1, 0.15) is 5.82 Å². The van der Waals surface area contributed by atoms with E-state index in [1.165, 1.54) is 11.8 Å². The van der Waals surface area contributed by atoms with Crippen molar-refractivity contribution in [3.8, 4) is 0 Å². The van der Waals surface area contributed by atoms with Gasteiger partial charge in [-0.3, -0.25) is 4.79 Å². The summed E-state index contributed by atoms with van der Waals surface area (Å²) >= 11 is 1.42. The summed E-state index contributed by atoms with van der Waals surface area (Å²) in [5.41, 5.74) is 5.64. The van der Waals surface area contributed by atoms with Crippen molar-refractivity contribution in [2.45, 2.75) is 50.5 Å². The minimum atomic E-state index is 0.0228. The van der Waals surface area contributed by atoms with E-state index in [-0.39, 0.29) is 11.9 Å². The number of aromatic nitrogens is 3. The van der Waals surface area contributed by atoms with Gasteiger partial charge in [0.2, 0.25) is 5.91 Å². The maximum atomic E-state index is 11.6. The van der Waals surface area contributed by atoms with Gasteiger partial charge in [0.25, 0.3) is 0 Å². The Morgan fingerprint density at radius 2 is 2.28 bits per heavy atom. The zero-order valence-electron chi connectivity index (χ0n) is 10.7. The second kappa shape index (κ2) is 5.71. The van der Waals surface area contributed by atoms with E-state index in [0.717, 1.165) is 23.8 Å². The molecule has 1 heterocycles. The second-order valence-corrected chi connectivity index (χ2v) is 5.66. The highest BCUT2D eigenvalue weighted by Gasteiger charge is 2.29. The van der Waals surface area contributed by atoms with Gasteiger partial charge in [-0.25, -0.2) is 0 Å². The van der Waals surface area contributed by atoms with Gasteiger partial charge in [-0.05, 0) is 26.7 Å². The highest BCUT2D eigenvalue weighted by atomic mass is 32.2. The van der Waals surface area contributed by atoms with Crippen molar-refractivity contribution < 1.29 is 4.79 Å². The lowest BCUT2D eigenvalue weighted by Gasteiger charge is -2.09. The van der Waals surface area contributed by atoms with Gasteiger partial charge in [-0.2, -0.15) is 0 Å². The van der Waals surface area contributed by atoms with Gasteiger partial charge in [0.05, 0.1) is 12.3 Å². The minimum absolute atomic E-state index is 0.0228. The molecule has 1 aromatic rings. The van der Waals surface area contributed by atoms with Crippen LogP contribution in [0, 0.1) is 0 Å². The number of nitrogens with one attached hydrogen (secondary N) is 1. The van der Waals surface area contributed by atoms with Crippen LogP contribution in [0.25, 0.3) is 0 Å². The van der Waals surface area contributed by atoms with Gasteiger partial charge in [-0.15, -0.1) is 10.2 Å². The Labute approximate surface area is 111 Å². The van der Waals surface area contributed by atoms with Crippen LogP contribution in [0.1, 0.15) is 38.6 Å². The first kappa shape index (κ1) is 13.4. The number of amides is 1. The summed E-state index contributed by atoms with van der Waals surface area (Å²) in [6, 6.07) is 0.646. The lowest BCUT2D eigenvalue weighted by Crippen LogP contribution is -2.31. The molecule has 0 atom stereocenters. The van der Waals surface area contributed by atoms with E-state index in [2.05, 4.69) is 20.1 Å². The maximum Gasteiger partial charge on any atom is 0.230 e. The number of hydrogen-bond donors (Lipinski definition) is 2. The molecule has 7 heteroatoms. The maximum absolute atomic E-state index is 11.6. The highest BCUT2D eigenvalue weighted by Crippen LogP contribution is 2.38. The number of nitrogens with zero attached hydrogens (tertiary/aromatic N) is 3. The fourth-order valence-corrected chi connectivity index (χ4v) is 2.57. The molecule has 1 amide bonds. The molecule has 3 N–H and O–H groups in total. The molecule has 0 aliphatic heterocycles. The molecule has 0 unspecified atom stereocenters. The topological polar surface area (TPSA) is 85.8 Å². The summed E-state index contributed by atoms with van der Waals surface area (Å²) in [6.07, 6.45) is 2.30. The fourth-order valence-electron chi connectivity index (χ4n) is 1.74. The fraction of sp³-hybridized carbons (Fsp3) is 0.727. The molecule has 1 aliphatic rings. The Morgan fingerprint density at radius 3 is 2.83 bits per heavy atom. The molecular formula is C11H19N5OS.